The molecule has 3 heterocycles. The molecule has 2 fully saturated rings. The summed E-state index contributed by atoms with van der Waals surface area (Å²) in [7, 11) is -1.54. The number of amides is 1. The van der Waals surface area contributed by atoms with Gasteiger partial charge in [0.1, 0.15) is 0 Å². The smallest absolute Gasteiger partial charge is 0.255 e. The van der Waals surface area contributed by atoms with Crippen molar-refractivity contribution in [1.29, 1.82) is 0 Å². The second-order valence-electron chi connectivity index (χ2n) is 6.89. The SMILES string of the molecule is COc1ccc(C(=O)N2CCC(C3CCN(S(C)(=O)=O)CC3)C2)cn1. The molecular weight excluding hydrogens is 342 g/mol. The number of nitrogens with zero attached hydrogens (tertiary/aromatic N) is 3. The molecule has 1 aromatic rings. The molecule has 0 saturated carbocycles. The molecule has 138 valence electrons. The van der Waals surface area contributed by atoms with Gasteiger partial charge in [-0.15, -0.1) is 0 Å². The maximum absolute atomic E-state index is 12.6. The van der Waals surface area contributed by atoms with Crippen LogP contribution >= 0.6 is 0 Å². The van der Waals surface area contributed by atoms with E-state index in [4.69, 9.17) is 4.74 Å². The van der Waals surface area contributed by atoms with Crippen molar-refractivity contribution in [2.45, 2.75) is 19.3 Å². The summed E-state index contributed by atoms with van der Waals surface area (Å²) in [6.45, 7) is 2.68. The lowest BCUT2D eigenvalue weighted by Gasteiger charge is -2.33. The summed E-state index contributed by atoms with van der Waals surface area (Å²) in [6.07, 6.45) is 5.57. The minimum Gasteiger partial charge on any atom is -0.481 e. The van der Waals surface area contributed by atoms with Gasteiger partial charge in [-0.05, 0) is 37.2 Å². The quantitative estimate of drug-likeness (QED) is 0.799. The summed E-state index contributed by atoms with van der Waals surface area (Å²) >= 11 is 0. The molecule has 1 aromatic heterocycles. The summed E-state index contributed by atoms with van der Waals surface area (Å²) in [4.78, 5) is 18.6. The molecule has 2 aliphatic heterocycles. The molecule has 8 heteroatoms. The van der Waals surface area contributed by atoms with Gasteiger partial charge in [-0.1, -0.05) is 0 Å². The Labute approximate surface area is 149 Å². The zero-order chi connectivity index (χ0) is 18.0. The first-order valence-electron chi connectivity index (χ1n) is 8.63. The minimum atomic E-state index is -3.09. The summed E-state index contributed by atoms with van der Waals surface area (Å²) in [6, 6.07) is 3.44. The van der Waals surface area contributed by atoms with Gasteiger partial charge in [0.25, 0.3) is 5.91 Å². The first-order valence-corrected chi connectivity index (χ1v) is 10.5. The maximum Gasteiger partial charge on any atom is 0.255 e. The number of hydrogen-bond donors (Lipinski definition) is 0. The fourth-order valence-electron chi connectivity index (χ4n) is 3.85. The molecule has 0 aromatic carbocycles. The van der Waals surface area contributed by atoms with Crippen molar-refractivity contribution < 1.29 is 17.9 Å². The second kappa shape index (κ2) is 7.29. The molecule has 3 rings (SSSR count). The summed E-state index contributed by atoms with van der Waals surface area (Å²) in [5.41, 5.74) is 0.577. The Bertz CT molecular complexity index is 712. The van der Waals surface area contributed by atoms with E-state index < -0.39 is 10.0 Å². The van der Waals surface area contributed by atoms with Crippen LogP contribution in [0.2, 0.25) is 0 Å². The molecule has 0 N–H and O–H groups in total. The van der Waals surface area contributed by atoms with Crippen LogP contribution in [-0.4, -0.2) is 68.1 Å². The lowest BCUT2D eigenvalue weighted by molar-refractivity contribution is 0.0778. The summed E-state index contributed by atoms with van der Waals surface area (Å²) < 4.78 is 29.8. The van der Waals surface area contributed by atoms with Gasteiger partial charge in [-0.3, -0.25) is 4.79 Å². The standard InChI is InChI=1S/C17H25N3O4S/c1-24-16-4-3-14(11-18-16)17(21)19-8-5-15(12-19)13-6-9-20(10-7-13)25(2,22)23/h3-4,11,13,15H,5-10,12H2,1-2H3. The minimum absolute atomic E-state index is 0.00576. The van der Waals surface area contributed by atoms with Gasteiger partial charge >= 0.3 is 0 Å². The van der Waals surface area contributed by atoms with E-state index in [9.17, 15) is 13.2 Å². The zero-order valence-electron chi connectivity index (χ0n) is 14.7. The highest BCUT2D eigenvalue weighted by Crippen LogP contribution is 2.33. The predicted molar refractivity (Wildman–Crippen MR) is 93.9 cm³/mol. The van der Waals surface area contributed by atoms with Crippen LogP contribution < -0.4 is 4.74 Å². The van der Waals surface area contributed by atoms with Gasteiger partial charge in [-0.25, -0.2) is 17.7 Å². The van der Waals surface area contributed by atoms with Crippen LogP contribution in [0.3, 0.4) is 0 Å². The number of sulfonamides is 1. The third-order valence-electron chi connectivity index (χ3n) is 5.34. The average Bonchev–Trinajstić information content (AvgIpc) is 3.10. The molecule has 1 atom stereocenters. The Kier molecular flexibility index (Phi) is 5.29. The lowest BCUT2D eigenvalue weighted by Crippen LogP contribution is -2.40. The van der Waals surface area contributed by atoms with E-state index in [0.717, 1.165) is 32.4 Å². The van der Waals surface area contributed by atoms with E-state index in [1.54, 1.807) is 29.7 Å². The Morgan fingerprint density at radius 3 is 2.40 bits per heavy atom. The Hall–Kier alpha value is -1.67. The molecular formula is C17H25N3O4S. The van der Waals surface area contributed by atoms with Crippen molar-refractivity contribution in [1.82, 2.24) is 14.2 Å². The zero-order valence-corrected chi connectivity index (χ0v) is 15.5. The van der Waals surface area contributed by atoms with Gasteiger partial charge in [-0.2, -0.15) is 0 Å². The summed E-state index contributed by atoms with van der Waals surface area (Å²) in [5, 5.41) is 0. The lowest BCUT2D eigenvalue weighted by atomic mass is 9.84. The van der Waals surface area contributed by atoms with Crippen molar-refractivity contribution in [3.63, 3.8) is 0 Å². The fourth-order valence-corrected chi connectivity index (χ4v) is 4.72. The third-order valence-corrected chi connectivity index (χ3v) is 6.64. The molecule has 0 aliphatic carbocycles. The maximum atomic E-state index is 12.6. The van der Waals surface area contributed by atoms with Crippen molar-refractivity contribution in [3.8, 4) is 5.88 Å². The molecule has 1 amide bonds. The highest BCUT2D eigenvalue weighted by Gasteiger charge is 2.35. The van der Waals surface area contributed by atoms with Gasteiger partial charge in [0, 0.05) is 38.4 Å². The van der Waals surface area contributed by atoms with Crippen molar-refractivity contribution in [3.05, 3.63) is 23.9 Å². The number of piperidine rings is 1. The first-order chi connectivity index (χ1) is 11.9. The predicted octanol–water partition coefficient (Wildman–Crippen LogP) is 1.22. The van der Waals surface area contributed by atoms with Crippen molar-refractivity contribution in [2.24, 2.45) is 11.8 Å². The highest BCUT2D eigenvalue weighted by atomic mass is 32.2. The van der Waals surface area contributed by atoms with Crippen LogP contribution in [0.5, 0.6) is 5.88 Å². The topological polar surface area (TPSA) is 79.8 Å². The van der Waals surface area contributed by atoms with Crippen molar-refractivity contribution >= 4 is 15.9 Å². The number of carbonyl (C=O) groups is 1. The number of aromatic nitrogens is 1. The van der Waals surface area contributed by atoms with Gasteiger partial charge in [0.2, 0.25) is 15.9 Å². The second-order valence-corrected chi connectivity index (χ2v) is 8.87. The molecule has 0 bridgehead atoms. The number of ether oxygens (including phenoxy) is 1. The van der Waals surface area contributed by atoms with Crippen LogP contribution in [0, 0.1) is 11.8 Å². The summed E-state index contributed by atoms with van der Waals surface area (Å²) in [5.74, 6) is 1.45. The van der Waals surface area contributed by atoms with E-state index in [2.05, 4.69) is 4.98 Å². The molecule has 25 heavy (non-hydrogen) atoms. The number of rotatable bonds is 4. The van der Waals surface area contributed by atoms with Crippen LogP contribution in [0.15, 0.2) is 18.3 Å². The first kappa shape index (κ1) is 18.1. The number of pyridine rings is 1. The largest absolute Gasteiger partial charge is 0.481 e. The number of methoxy groups -OCH3 is 1. The van der Waals surface area contributed by atoms with Gasteiger partial charge < -0.3 is 9.64 Å². The van der Waals surface area contributed by atoms with Gasteiger partial charge in [0.15, 0.2) is 0 Å². The highest BCUT2D eigenvalue weighted by molar-refractivity contribution is 7.88. The average molecular weight is 367 g/mol. The fraction of sp³-hybridized carbons (Fsp3) is 0.647. The van der Waals surface area contributed by atoms with Crippen LogP contribution in [0.4, 0.5) is 0 Å². The molecule has 2 saturated heterocycles. The van der Waals surface area contributed by atoms with Crippen molar-refractivity contribution in [2.75, 3.05) is 39.5 Å². The molecule has 0 spiro atoms. The van der Waals surface area contributed by atoms with E-state index in [1.807, 2.05) is 4.90 Å². The Morgan fingerprint density at radius 1 is 1.16 bits per heavy atom. The van der Waals surface area contributed by atoms with E-state index in [1.165, 1.54) is 6.26 Å². The van der Waals surface area contributed by atoms with Crippen LogP contribution in [0.25, 0.3) is 0 Å². The number of likely N-dealkylation sites (tertiary alicyclic amines) is 1. The van der Waals surface area contributed by atoms with E-state index in [-0.39, 0.29) is 5.91 Å². The normalized spacial score (nSPS) is 23.0. The van der Waals surface area contributed by atoms with Gasteiger partial charge in [0.05, 0.1) is 18.9 Å². The molecule has 7 nitrogen and oxygen atoms in total. The molecule has 1 unspecified atom stereocenters. The third kappa shape index (κ3) is 4.12. The monoisotopic (exact) mass is 367 g/mol. The Balaban J connectivity index is 1.56. The van der Waals surface area contributed by atoms with Crippen LogP contribution in [-0.2, 0) is 10.0 Å². The number of hydrogen-bond acceptors (Lipinski definition) is 5. The van der Waals surface area contributed by atoms with E-state index >= 15 is 0 Å². The molecule has 0 radical (unpaired) electrons. The molecule has 2 aliphatic rings. The van der Waals surface area contributed by atoms with Crippen LogP contribution in [0.1, 0.15) is 29.6 Å². The van der Waals surface area contributed by atoms with E-state index in [0.29, 0.717) is 36.4 Å². The number of carbonyl (C=O) groups excluding carboxylic acids is 1. The Morgan fingerprint density at radius 2 is 1.84 bits per heavy atom.